The number of aliphatic hydroxyl groups excluding tert-OH is 2. The Hall–Kier alpha value is -1.92. The lowest BCUT2D eigenvalue weighted by Crippen LogP contribution is -2.45. The molecule has 0 spiro atoms. The van der Waals surface area contributed by atoms with E-state index >= 15 is 0 Å². The fourth-order valence-corrected chi connectivity index (χ4v) is 10.8. The molecule has 0 aromatic carbocycles. The number of aliphatic hydroxyl groups is 2. The molecule has 0 bridgehead atoms. The topological polar surface area (TPSA) is 95.9 Å². The zero-order valence-electron chi connectivity index (χ0n) is 52.0. The van der Waals surface area contributed by atoms with Gasteiger partial charge in [-0.05, 0) is 77.0 Å². The molecule has 0 aliphatic heterocycles. The van der Waals surface area contributed by atoms with Crippen LogP contribution in [0.4, 0.5) is 0 Å². The molecule has 6 heteroatoms. The number of allylic oxidation sites excluding steroid dienone is 6. The minimum Gasteiger partial charge on any atom is -0.466 e. The molecular weight excluding hydrogens is 947 g/mol. The van der Waals surface area contributed by atoms with E-state index in [0.29, 0.717) is 25.9 Å². The number of unbranched alkanes of at least 4 members (excludes halogenated alkanes) is 48. The van der Waals surface area contributed by atoms with Crippen molar-refractivity contribution in [3.63, 3.8) is 0 Å². The SMILES string of the molecule is CCCC/C=C\CCCCCCCC(=O)OCCCCCCCCCCCCC/C=C\C/C=C\CCCCCCCCCCCCCCCCCCCC(=O)NC(CO)C(O)CCCCCCCCCCCCCCCC. The van der Waals surface area contributed by atoms with Gasteiger partial charge in [0.2, 0.25) is 5.91 Å². The third kappa shape index (κ3) is 63.1. The standard InChI is InChI=1S/C71H135NO5/c1-3-5-7-9-11-13-15-16-40-44-47-51-55-59-63-69(74)68(67-73)72-70(75)64-60-56-52-48-45-41-38-36-34-32-30-28-26-24-22-20-18-17-19-21-23-25-27-29-31-33-35-37-39-42-46-50-54-58-62-66-77-71(76)65-61-57-53-49-43-14-12-10-8-6-4-2/h10,12,19,21,25,27,68-69,73-74H,3-9,11,13-18,20,22-24,26,28-67H2,1-2H3,(H,72,75)/b12-10-,21-19-,27-25-. The summed E-state index contributed by atoms with van der Waals surface area (Å²) in [5.74, 6) is -0.0248. The molecule has 0 aliphatic carbocycles. The molecule has 0 radical (unpaired) electrons. The van der Waals surface area contributed by atoms with Crippen LogP contribution in [0.5, 0.6) is 0 Å². The minimum absolute atomic E-state index is 0.00576. The number of ether oxygens (including phenoxy) is 1. The zero-order valence-corrected chi connectivity index (χ0v) is 52.0. The van der Waals surface area contributed by atoms with Crippen molar-refractivity contribution in [1.82, 2.24) is 5.32 Å². The van der Waals surface area contributed by atoms with Crippen LogP contribution in [0.25, 0.3) is 0 Å². The fraction of sp³-hybridized carbons (Fsp3) is 0.887. The molecule has 0 rings (SSSR count). The normalized spacial score (nSPS) is 12.7. The van der Waals surface area contributed by atoms with Gasteiger partial charge in [0.15, 0.2) is 0 Å². The number of hydrogen-bond acceptors (Lipinski definition) is 5. The zero-order chi connectivity index (χ0) is 55.7. The molecular formula is C71H135NO5. The molecule has 0 aromatic rings. The first-order valence-corrected chi connectivity index (χ1v) is 34.7. The molecule has 3 N–H and O–H groups in total. The Bertz CT molecular complexity index is 1250. The lowest BCUT2D eigenvalue weighted by Gasteiger charge is -2.22. The molecule has 2 unspecified atom stereocenters. The van der Waals surface area contributed by atoms with Crippen LogP contribution in [-0.2, 0) is 14.3 Å². The van der Waals surface area contributed by atoms with Crippen LogP contribution in [0, 0.1) is 0 Å². The van der Waals surface area contributed by atoms with Gasteiger partial charge in [-0.1, -0.05) is 326 Å². The van der Waals surface area contributed by atoms with Gasteiger partial charge in [0.1, 0.15) is 0 Å². The van der Waals surface area contributed by atoms with Crippen molar-refractivity contribution in [2.24, 2.45) is 0 Å². The molecule has 0 fully saturated rings. The Morgan fingerprint density at radius 1 is 0.364 bits per heavy atom. The van der Waals surface area contributed by atoms with E-state index in [1.165, 1.54) is 295 Å². The minimum atomic E-state index is -0.662. The Morgan fingerprint density at radius 2 is 0.662 bits per heavy atom. The largest absolute Gasteiger partial charge is 0.466 e. The van der Waals surface area contributed by atoms with Crippen molar-refractivity contribution < 1.29 is 24.5 Å². The van der Waals surface area contributed by atoms with E-state index in [4.69, 9.17) is 4.74 Å². The van der Waals surface area contributed by atoms with E-state index in [9.17, 15) is 19.8 Å². The quantitative estimate of drug-likeness (QED) is 0.0320. The predicted octanol–water partition coefficient (Wildman–Crippen LogP) is 22.3. The lowest BCUT2D eigenvalue weighted by atomic mass is 10.0. The van der Waals surface area contributed by atoms with Gasteiger partial charge in [-0.2, -0.15) is 0 Å². The third-order valence-corrected chi connectivity index (χ3v) is 16.2. The first kappa shape index (κ1) is 75.1. The number of esters is 1. The highest BCUT2D eigenvalue weighted by Gasteiger charge is 2.20. The highest BCUT2D eigenvalue weighted by atomic mass is 16.5. The predicted molar refractivity (Wildman–Crippen MR) is 338 cm³/mol. The van der Waals surface area contributed by atoms with Crippen LogP contribution in [0.15, 0.2) is 36.5 Å². The number of rotatable bonds is 65. The lowest BCUT2D eigenvalue weighted by molar-refractivity contribution is -0.143. The van der Waals surface area contributed by atoms with Gasteiger partial charge < -0.3 is 20.3 Å². The Kier molecular flexibility index (Phi) is 64.9. The highest BCUT2D eigenvalue weighted by Crippen LogP contribution is 2.18. The fourth-order valence-electron chi connectivity index (χ4n) is 10.8. The van der Waals surface area contributed by atoms with Gasteiger partial charge >= 0.3 is 5.97 Å². The molecule has 454 valence electrons. The van der Waals surface area contributed by atoms with Crippen molar-refractivity contribution in [1.29, 1.82) is 0 Å². The van der Waals surface area contributed by atoms with Gasteiger partial charge in [-0.3, -0.25) is 9.59 Å². The molecule has 77 heavy (non-hydrogen) atoms. The Morgan fingerprint density at radius 3 is 1.04 bits per heavy atom. The maximum absolute atomic E-state index is 12.5. The molecule has 0 aromatic heterocycles. The second-order valence-electron chi connectivity index (χ2n) is 23.9. The van der Waals surface area contributed by atoms with Crippen molar-refractivity contribution in [3.8, 4) is 0 Å². The van der Waals surface area contributed by atoms with E-state index < -0.39 is 12.1 Å². The smallest absolute Gasteiger partial charge is 0.305 e. The Labute approximate surface area is 481 Å². The summed E-state index contributed by atoms with van der Waals surface area (Å²) in [6.07, 6.45) is 84.9. The van der Waals surface area contributed by atoms with Gasteiger partial charge in [0, 0.05) is 12.8 Å². The molecule has 6 nitrogen and oxygen atoms in total. The van der Waals surface area contributed by atoms with E-state index in [2.05, 4.69) is 55.6 Å². The summed E-state index contributed by atoms with van der Waals surface area (Å²) in [4.78, 5) is 24.5. The summed E-state index contributed by atoms with van der Waals surface area (Å²) < 4.78 is 5.46. The summed E-state index contributed by atoms with van der Waals surface area (Å²) in [5, 5.41) is 23.3. The van der Waals surface area contributed by atoms with Crippen molar-refractivity contribution >= 4 is 11.9 Å². The van der Waals surface area contributed by atoms with Gasteiger partial charge in [-0.25, -0.2) is 0 Å². The molecule has 0 heterocycles. The average molecular weight is 1080 g/mol. The first-order chi connectivity index (χ1) is 38.0. The van der Waals surface area contributed by atoms with Crippen LogP contribution in [0.1, 0.15) is 380 Å². The van der Waals surface area contributed by atoms with Crippen LogP contribution in [0.2, 0.25) is 0 Å². The van der Waals surface area contributed by atoms with E-state index in [-0.39, 0.29) is 18.5 Å². The summed E-state index contributed by atoms with van der Waals surface area (Å²) in [7, 11) is 0. The van der Waals surface area contributed by atoms with Crippen LogP contribution in [0.3, 0.4) is 0 Å². The summed E-state index contributed by atoms with van der Waals surface area (Å²) in [6, 6.07) is -0.539. The van der Waals surface area contributed by atoms with E-state index in [1.807, 2.05) is 0 Å². The molecule has 0 saturated carbocycles. The molecule has 1 amide bonds. The number of carbonyl (C=O) groups excluding carboxylic acids is 2. The third-order valence-electron chi connectivity index (χ3n) is 16.2. The summed E-state index contributed by atoms with van der Waals surface area (Å²) in [5.41, 5.74) is 0. The molecule has 2 atom stereocenters. The average Bonchev–Trinajstić information content (AvgIpc) is 3.43. The summed E-state index contributed by atoms with van der Waals surface area (Å²) in [6.45, 7) is 4.94. The number of carbonyl (C=O) groups is 2. The van der Waals surface area contributed by atoms with Crippen molar-refractivity contribution in [3.05, 3.63) is 36.5 Å². The second kappa shape index (κ2) is 66.6. The maximum atomic E-state index is 12.5. The number of hydrogen-bond donors (Lipinski definition) is 3. The maximum Gasteiger partial charge on any atom is 0.305 e. The van der Waals surface area contributed by atoms with Crippen molar-refractivity contribution in [2.45, 2.75) is 392 Å². The summed E-state index contributed by atoms with van der Waals surface area (Å²) >= 11 is 0. The molecule has 0 aliphatic rings. The highest BCUT2D eigenvalue weighted by molar-refractivity contribution is 5.76. The number of amides is 1. The van der Waals surface area contributed by atoms with Crippen LogP contribution in [-0.4, -0.2) is 47.4 Å². The van der Waals surface area contributed by atoms with Gasteiger partial charge in [-0.15, -0.1) is 0 Å². The van der Waals surface area contributed by atoms with Crippen LogP contribution >= 0.6 is 0 Å². The Balaban J connectivity index is 3.37. The monoisotopic (exact) mass is 1080 g/mol. The first-order valence-electron chi connectivity index (χ1n) is 34.7. The van der Waals surface area contributed by atoms with E-state index in [0.717, 1.165) is 51.4 Å². The number of nitrogens with one attached hydrogen (secondary N) is 1. The van der Waals surface area contributed by atoms with Gasteiger partial charge in [0.25, 0.3) is 0 Å². The molecule has 0 saturated heterocycles. The van der Waals surface area contributed by atoms with Gasteiger partial charge in [0.05, 0.1) is 25.4 Å². The van der Waals surface area contributed by atoms with Crippen LogP contribution < -0.4 is 5.32 Å². The van der Waals surface area contributed by atoms with Crippen molar-refractivity contribution in [2.75, 3.05) is 13.2 Å². The van der Waals surface area contributed by atoms with E-state index in [1.54, 1.807) is 0 Å². The second-order valence-corrected chi connectivity index (χ2v) is 23.9.